The summed E-state index contributed by atoms with van der Waals surface area (Å²) in [6, 6.07) is 9.25. The van der Waals surface area contributed by atoms with Crippen molar-refractivity contribution in [1.29, 1.82) is 0 Å². The van der Waals surface area contributed by atoms with Gasteiger partial charge in [-0.25, -0.2) is 0 Å². The molecule has 0 aliphatic heterocycles. The number of likely N-dealkylation sites (N-methyl/N-ethyl adjacent to an activating group) is 1. The van der Waals surface area contributed by atoms with Crippen LogP contribution in [-0.4, -0.2) is 19.3 Å². The van der Waals surface area contributed by atoms with E-state index in [1.165, 1.54) is 17.5 Å². The van der Waals surface area contributed by atoms with Gasteiger partial charge in [0.2, 0.25) is 0 Å². The molecule has 0 amide bonds. The molecule has 0 spiro atoms. The second-order valence-corrected chi connectivity index (χ2v) is 5.88. The number of ether oxygens (including phenoxy) is 1. The van der Waals surface area contributed by atoms with Gasteiger partial charge in [-0.05, 0) is 36.9 Å². The third-order valence-corrected chi connectivity index (χ3v) is 3.84. The second kappa shape index (κ2) is 9.15. The quantitative estimate of drug-likeness (QED) is 0.724. The summed E-state index contributed by atoms with van der Waals surface area (Å²) < 4.78 is 5.99. The highest BCUT2D eigenvalue weighted by molar-refractivity contribution is 5.25. The zero-order chi connectivity index (χ0) is 15.0. The van der Waals surface area contributed by atoms with E-state index < -0.39 is 0 Å². The number of benzene rings is 1. The van der Waals surface area contributed by atoms with Crippen molar-refractivity contribution in [3.05, 3.63) is 35.4 Å². The zero-order valence-electron chi connectivity index (χ0n) is 13.8. The van der Waals surface area contributed by atoms with E-state index in [2.05, 4.69) is 64.2 Å². The molecule has 1 aromatic carbocycles. The van der Waals surface area contributed by atoms with Gasteiger partial charge < -0.3 is 10.1 Å². The van der Waals surface area contributed by atoms with E-state index in [1.807, 2.05) is 0 Å². The predicted octanol–water partition coefficient (Wildman–Crippen LogP) is 4.35. The fourth-order valence-electron chi connectivity index (χ4n) is 2.17. The molecule has 0 radical (unpaired) electrons. The zero-order valence-corrected chi connectivity index (χ0v) is 13.8. The highest BCUT2D eigenvalue weighted by atomic mass is 16.5. The Morgan fingerprint density at radius 2 is 1.70 bits per heavy atom. The summed E-state index contributed by atoms with van der Waals surface area (Å²) >= 11 is 0. The van der Waals surface area contributed by atoms with Crippen LogP contribution >= 0.6 is 0 Å². The van der Waals surface area contributed by atoms with Crippen molar-refractivity contribution in [3.8, 4) is 0 Å². The number of rotatable bonds is 9. The summed E-state index contributed by atoms with van der Waals surface area (Å²) in [7, 11) is 0. The molecule has 2 atom stereocenters. The molecule has 0 aliphatic carbocycles. The Hall–Kier alpha value is -0.860. The fraction of sp³-hybridized carbons (Fsp3) is 0.667. The highest BCUT2D eigenvalue weighted by Gasteiger charge is 2.14. The third-order valence-electron chi connectivity index (χ3n) is 3.84. The minimum absolute atomic E-state index is 0.289. The molecule has 1 N–H and O–H groups in total. The SMILES string of the molecule is CCCc1ccc(C(COC(C)C(C)C)NCC)cc1. The maximum absolute atomic E-state index is 5.99. The molecule has 0 heterocycles. The number of aryl methyl sites for hydroxylation is 1. The van der Waals surface area contributed by atoms with Crippen LogP contribution in [-0.2, 0) is 11.2 Å². The summed E-state index contributed by atoms with van der Waals surface area (Å²) in [4.78, 5) is 0. The first-order valence-electron chi connectivity index (χ1n) is 8.02. The Balaban J connectivity index is 2.64. The Labute approximate surface area is 124 Å². The number of hydrogen-bond acceptors (Lipinski definition) is 2. The lowest BCUT2D eigenvalue weighted by Gasteiger charge is -2.23. The lowest BCUT2D eigenvalue weighted by molar-refractivity contribution is 0.0220. The van der Waals surface area contributed by atoms with E-state index in [0.717, 1.165) is 19.6 Å². The molecule has 0 fully saturated rings. The van der Waals surface area contributed by atoms with Crippen LogP contribution in [0.15, 0.2) is 24.3 Å². The van der Waals surface area contributed by atoms with Gasteiger partial charge in [-0.1, -0.05) is 58.4 Å². The van der Waals surface area contributed by atoms with E-state index >= 15 is 0 Å². The second-order valence-electron chi connectivity index (χ2n) is 5.88. The average molecular weight is 277 g/mol. The molecule has 0 aromatic heterocycles. The number of hydrogen-bond donors (Lipinski definition) is 1. The maximum atomic E-state index is 5.99. The van der Waals surface area contributed by atoms with E-state index in [9.17, 15) is 0 Å². The van der Waals surface area contributed by atoms with Crippen LogP contribution in [0.3, 0.4) is 0 Å². The van der Waals surface area contributed by atoms with Crippen LogP contribution in [0.1, 0.15) is 58.2 Å². The van der Waals surface area contributed by atoms with Gasteiger partial charge in [0.25, 0.3) is 0 Å². The molecule has 2 heteroatoms. The predicted molar refractivity (Wildman–Crippen MR) is 87.1 cm³/mol. The summed E-state index contributed by atoms with van der Waals surface area (Å²) in [6.07, 6.45) is 2.66. The van der Waals surface area contributed by atoms with E-state index in [0.29, 0.717) is 12.0 Å². The molecule has 2 unspecified atom stereocenters. The molecular formula is C18H31NO. The molecule has 114 valence electrons. The topological polar surface area (TPSA) is 21.3 Å². The molecule has 20 heavy (non-hydrogen) atoms. The molecule has 0 saturated heterocycles. The van der Waals surface area contributed by atoms with Gasteiger partial charge in [-0.3, -0.25) is 0 Å². The molecule has 0 aliphatic rings. The standard InChI is InChI=1S/C18H31NO/c1-6-8-16-9-11-17(12-10-16)18(19-7-2)13-20-15(5)14(3)4/h9-12,14-15,18-19H,6-8,13H2,1-5H3. The van der Waals surface area contributed by atoms with Gasteiger partial charge in [-0.15, -0.1) is 0 Å². The van der Waals surface area contributed by atoms with Gasteiger partial charge >= 0.3 is 0 Å². The van der Waals surface area contributed by atoms with Crippen molar-refractivity contribution in [1.82, 2.24) is 5.32 Å². The van der Waals surface area contributed by atoms with Crippen molar-refractivity contribution < 1.29 is 4.74 Å². The summed E-state index contributed by atoms with van der Waals surface area (Å²) in [5.41, 5.74) is 2.74. The Kier molecular flexibility index (Phi) is 7.86. The first-order chi connectivity index (χ1) is 9.58. The fourth-order valence-corrected chi connectivity index (χ4v) is 2.17. The van der Waals surface area contributed by atoms with Crippen LogP contribution in [0.2, 0.25) is 0 Å². The van der Waals surface area contributed by atoms with Crippen molar-refractivity contribution in [2.24, 2.45) is 5.92 Å². The molecule has 0 bridgehead atoms. The van der Waals surface area contributed by atoms with Crippen LogP contribution in [0.25, 0.3) is 0 Å². The van der Waals surface area contributed by atoms with Crippen LogP contribution in [0.5, 0.6) is 0 Å². The minimum Gasteiger partial charge on any atom is -0.376 e. The van der Waals surface area contributed by atoms with Crippen molar-refractivity contribution in [3.63, 3.8) is 0 Å². The van der Waals surface area contributed by atoms with Crippen molar-refractivity contribution in [2.75, 3.05) is 13.2 Å². The molecule has 1 aromatic rings. The van der Waals surface area contributed by atoms with Crippen molar-refractivity contribution in [2.45, 2.75) is 59.6 Å². The van der Waals surface area contributed by atoms with Crippen LogP contribution < -0.4 is 5.32 Å². The molecule has 1 rings (SSSR count). The smallest absolute Gasteiger partial charge is 0.0665 e. The third kappa shape index (κ3) is 5.64. The first kappa shape index (κ1) is 17.2. The lowest BCUT2D eigenvalue weighted by Crippen LogP contribution is -2.28. The van der Waals surface area contributed by atoms with Gasteiger partial charge in [0.05, 0.1) is 18.8 Å². The van der Waals surface area contributed by atoms with Crippen LogP contribution in [0, 0.1) is 5.92 Å². The first-order valence-corrected chi connectivity index (χ1v) is 8.02. The minimum atomic E-state index is 0.289. The summed E-state index contributed by atoms with van der Waals surface area (Å²) in [5, 5.41) is 3.52. The Bertz CT molecular complexity index is 358. The largest absolute Gasteiger partial charge is 0.376 e. The normalized spacial score (nSPS) is 14.5. The highest BCUT2D eigenvalue weighted by Crippen LogP contribution is 2.17. The molecular weight excluding hydrogens is 246 g/mol. The van der Waals surface area contributed by atoms with Gasteiger partial charge in [0, 0.05) is 0 Å². The Morgan fingerprint density at radius 3 is 2.20 bits per heavy atom. The summed E-state index contributed by atoms with van der Waals surface area (Å²) in [5.74, 6) is 0.559. The average Bonchev–Trinajstić information content (AvgIpc) is 2.44. The van der Waals surface area contributed by atoms with E-state index in [-0.39, 0.29) is 6.04 Å². The number of nitrogens with one attached hydrogen (secondary N) is 1. The molecule has 2 nitrogen and oxygen atoms in total. The monoisotopic (exact) mass is 277 g/mol. The van der Waals surface area contributed by atoms with E-state index in [1.54, 1.807) is 0 Å². The Morgan fingerprint density at radius 1 is 1.05 bits per heavy atom. The van der Waals surface area contributed by atoms with Gasteiger partial charge in [0.1, 0.15) is 0 Å². The van der Waals surface area contributed by atoms with E-state index in [4.69, 9.17) is 4.74 Å². The maximum Gasteiger partial charge on any atom is 0.0665 e. The van der Waals surface area contributed by atoms with Gasteiger partial charge in [0.15, 0.2) is 0 Å². The van der Waals surface area contributed by atoms with Crippen LogP contribution in [0.4, 0.5) is 0 Å². The summed E-state index contributed by atoms with van der Waals surface area (Å²) in [6.45, 7) is 12.6. The molecule has 0 saturated carbocycles. The van der Waals surface area contributed by atoms with Gasteiger partial charge in [-0.2, -0.15) is 0 Å². The van der Waals surface area contributed by atoms with Crippen molar-refractivity contribution >= 4 is 0 Å². The lowest BCUT2D eigenvalue weighted by atomic mass is 10.0.